The van der Waals surface area contributed by atoms with E-state index in [0.717, 1.165) is 31.6 Å². The summed E-state index contributed by atoms with van der Waals surface area (Å²) in [5, 5.41) is 0. The third-order valence-corrected chi connectivity index (χ3v) is 9.06. The number of imide groups is 1. The monoisotopic (exact) mass is 643 g/mol. The molecule has 2 bridgehead atoms. The van der Waals surface area contributed by atoms with Gasteiger partial charge >= 0.3 is 5.97 Å². The van der Waals surface area contributed by atoms with E-state index in [0.29, 0.717) is 5.56 Å². The Bertz CT molecular complexity index is 1520. The molecule has 3 aliphatic carbocycles. The highest BCUT2D eigenvalue weighted by Gasteiger charge is 2.63. The molecule has 2 N–H and O–H groups in total. The minimum Gasteiger partial charge on any atom is -0.454 e. The number of carbonyl (C=O) groups excluding carboxylic acids is 5. The van der Waals surface area contributed by atoms with Gasteiger partial charge in [-0.2, -0.15) is 0 Å². The van der Waals surface area contributed by atoms with Crippen molar-refractivity contribution in [2.45, 2.75) is 38.1 Å². The largest absolute Gasteiger partial charge is 0.454 e. The standard InChI is InChI=1S/C33H30BrN3O6/c1-17(2)15-24(33(42)43-16-25(38)35-36-30(39)18-11-13-19(34)14-12-18)37-31(40)28-26-20-7-3-4-8-21(20)27(29(28)32(37)41)23-10-6-5-9-22(23)26/h3-14,17,24,26-29H,15-16H2,1-2H3,(H,35,38)(H,36,39)/t24-,26?,27?,28+,29+/m1/s1. The van der Waals surface area contributed by atoms with Crippen LogP contribution in [-0.4, -0.2) is 47.1 Å². The quantitative estimate of drug-likeness (QED) is 0.228. The summed E-state index contributed by atoms with van der Waals surface area (Å²) in [6, 6.07) is 21.2. The first kappa shape index (κ1) is 28.8. The molecule has 9 nitrogen and oxygen atoms in total. The Hall–Kier alpha value is -4.31. The van der Waals surface area contributed by atoms with Crippen LogP contribution in [-0.2, 0) is 23.9 Å². The molecule has 0 unspecified atom stereocenters. The van der Waals surface area contributed by atoms with E-state index >= 15 is 0 Å². The summed E-state index contributed by atoms with van der Waals surface area (Å²) >= 11 is 3.29. The predicted octanol–water partition coefficient (Wildman–Crippen LogP) is 4.06. The molecule has 10 heteroatoms. The fourth-order valence-electron chi connectivity index (χ4n) is 6.83. The Morgan fingerprint density at radius 1 is 0.791 bits per heavy atom. The van der Waals surface area contributed by atoms with E-state index in [9.17, 15) is 24.0 Å². The number of hydrogen-bond donors (Lipinski definition) is 2. The molecule has 3 aromatic rings. The molecule has 0 spiro atoms. The number of halogens is 1. The van der Waals surface area contributed by atoms with Gasteiger partial charge in [-0.3, -0.25) is 34.9 Å². The summed E-state index contributed by atoms with van der Waals surface area (Å²) in [5.74, 6) is -4.80. The van der Waals surface area contributed by atoms with Crippen LogP contribution < -0.4 is 10.9 Å². The second-order valence-electron chi connectivity index (χ2n) is 11.6. The van der Waals surface area contributed by atoms with Crippen LogP contribution in [0.15, 0.2) is 77.3 Å². The molecule has 43 heavy (non-hydrogen) atoms. The number of likely N-dealkylation sites (tertiary alicyclic amines) is 1. The molecule has 220 valence electrons. The molecule has 0 saturated carbocycles. The van der Waals surface area contributed by atoms with Crippen LogP contribution in [0.4, 0.5) is 0 Å². The normalized spacial score (nSPS) is 22.0. The minimum atomic E-state index is -1.18. The summed E-state index contributed by atoms with van der Waals surface area (Å²) in [6.07, 6.45) is 0.187. The molecular formula is C33H30BrN3O6. The highest BCUT2D eigenvalue weighted by atomic mass is 79.9. The molecule has 7 rings (SSSR count). The van der Waals surface area contributed by atoms with Gasteiger partial charge in [0, 0.05) is 21.9 Å². The van der Waals surface area contributed by atoms with Crippen LogP contribution in [0.5, 0.6) is 0 Å². The number of hydrogen-bond acceptors (Lipinski definition) is 6. The van der Waals surface area contributed by atoms with Gasteiger partial charge in [-0.25, -0.2) is 4.79 Å². The van der Waals surface area contributed by atoms with Crippen LogP contribution in [0.2, 0.25) is 0 Å². The van der Waals surface area contributed by atoms with Gasteiger partial charge in [0.25, 0.3) is 11.8 Å². The van der Waals surface area contributed by atoms with Crippen molar-refractivity contribution < 1.29 is 28.7 Å². The first-order valence-electron chi connectivity index (χ1n) is 14.2. The second kappa shape index (κ2) is 11.4. The number of carbonyl (C=O) groups is 5. The summed E-state index contributed by atoms with van der Waals surface area (Å²) in [6.45, 7) is 3.08. The molecule has 4 aliphatic rings. The first-order valence-corrected chi connectivity index (χ1v) is 15.0. The Labute approximate surface area is 257 Å². The molecular weight excluding hydrogens is 614 g/mol. The van der Waals surface area contributed by atoms with Crippen molar-refractivity contribution >= 4 is 45.5 Å². The van der Waals surface area contributed by atoms with Gasteiger partial charge in [-0.1, -0.05) is 78.3 Å². The molecule has 1 heterocycles. The summed E-state index contributed by atoms with van der Waals surface area (Å²) in [5.41, 5.74) is 8.99. The van der Waals surface area contributed by atoms with Gasteiger partial charge in [0.2, 0.25) is 11.8 Å². The molecule has 0 aromatic heterocycles. The van der Waals surface area contributed by atoms with E-state index in [-0.39, 0.29) is 36.0 Å². The predicted molar refractivity (Wildman–Crippen MR) is 159 cm³/mol. The van der Waals surface area contributed by atoms with Crippen LogP contribution in [0.25, 0.3) is 0 Å². The van der Waals surface area contributed by atoms with Gasteiger partial charge in [0.05, 0.1) is 11.8 Å². The Morgan fingerprint density at radius 2 is 1.28 bits per heavy atom. The maximum absolute atomic E-state index is 14.1. The molecule has 4 amide bonds. The number of benzene rings is 3. The van der Waals surface area contributed by atoms with E-state index in [1.807, 2.05) is 62.4 Å². The van der Waals surface area contributed by atoms with Crippen LogP contribution in [0.1, 0.15) is 64.7 Å². The van der Waals surface area contributed by atoms with Crippen molar-refractivity contribution in [2.24, 2.45) is 17.8 Å². The number of nitrogens with one attached hydrogen (secondary N) is 2. The highest BCUT2D eigenvalue weighted by molar-refractivity contribution is 9.10. The van der Waals surface area contributed by atoms with Gasteiger partial charge in [0.1, 0.15) is 6.04 Å². The number of esters is 1. The first-order chi connectivity index (χ1) is 20.7. The van der Waals surface area contributed by atoms with Gasteiger partial charge < -0.3 is 4.74 Å². The third kappa shape index (κ3) is 5.03. The lowest BCUT2D eigenvalue weighted by Gasteiger charge is -2.45. The Balaban J connectivity index is 1.19. The van der Waals surface area contributed by atoms with Crippen molar-refractivity contribution in [1.82, 2.24) is 15.8 Å². The molecule has 1 saturated heterocycles. The average molecular weight is 645 g/mol. The number of rotatable bonds is 7. The average Bonchev–Trinajstić information content (AvgIpc) is 3.27. The lowest BCUT2D eigenvalue weighted by atomic mass is 9.55. The van der Waals surface area contributed by atoms with Crippen molar-refractivity contribution in [1.29, 1.82) is 0 Å². The molecule has 3 atom stereocenters. The SMILES string of the molecule is CC(C)C[C@H](C(=O)OCC(=O)NNC(=O)c1ccc(Br)cc1)N1C(=O)[C@H]2C3c4ccccc4C(c4ccccc43)[C@@H]2C1=O. The van der Waals surface area contributed by atoms with Crippen LogP contribution in [0, 0.1) is 17.8 Å². The smallest absolute Gasteiger partial charge is 0.329 e. The number of ether oxygens (including phenoxy) is 1. The summed E-state index contributed by atoms with van der Waals surface area (Å²) < 4.78 is 6.12. The lowest BCUT2D eigenvalue weighted by molar-refractivity contribution is -0.161. The number of nitrogens with zero attached hydrogens (tertiary/aromatic N) is 1. The van der Waals surface area contributed by atoms with Gasteiger partial charge in [-0.05, 0) is 58.9 Å². The van der Waals surface area contributed by atoms with Crippen LogP contribution in [0.3, 0.4) is 0 Å². The van der Waals surface area contributed by atoms with Gasteiger partial charge in [0.15, 0.2) is 6.61 Å². The van der Waals surface area contributed by atoms with Crippen LogP contribution >= 0.6 is 15.9 Å². The summed E-state index contributed by atoms with van der Waals surface area (Å²) in [7, 11) is 0. The van der Waals surface area contributed by atoms with Gasteiger partial charge in [-0.15, -0.1) is 0 Å². The fourth-order valence-corrected chi connectivity index (χ4v) is 7.09. The van der Waals surface area contributed by atoms with Crippen molar-refractivity contribution in [3.05, 3.63) is 105 Å². The van der Waals surface area contributed by atoms with E-state index in [2.05, 4.69) is 26.8 Å². The topological polar surface area (TPSA) is 122 Å². The number of hydrazine groups is 1. The second-order valence-corrected chi connectivity index (χ2v) is 12.5. The van der Waals surface area contributed by atoms with E-state index in [1.165, 1.54) is 0 Å². The molecule has 1 fully saturated rings. The maximum atomic E-state index is 14.1. The lowest BCUT2D eigenvalue weighted by Crippen LogP contribution is -2.48. The zero-order chi connectivity index (χ0) is 30.4. The fraction of sp³-hybridized carbons (Fsp3) is 0.303. The van der Waals surface area contributed by atoms with Crippen molar-refractivity contribution in [2.75, 3.05) is 6.61 Å². The van der Waals surface area contributed by atoms with Crippen molar-refractivity contribution in [3.63, 3.8) is 0 Å². The zero-order valence-electron chi connectivity index (χ0n) is 23.6. The van der Waals surface area contributed by atoms with E-state index < -0.39 is 42.3 Å². The summed E-state index contributed by atoms with van der Waals surface area (Å²) in [4.78, 5) is 67.5. The highest BCUT2D eigenvalue weighted by Crippen LogP contribution is 2.61. The minimum absolute atomic E-state index is 0.0501. The molecule has 3 aromatic carbocycles. The molecule has 1 aliphatic heterocycles. The van der Waals surface area contributed by atoms with E-state index in [1.54, 1.807) is 24.3 Å². The van der Waals surface area contributed by atoms with E-state index in [4.69, 9.17) is 4.74 Å². The number of amides is 4. The third-order valence-electron chi connectivity index (χ3n) is 8.53. The zero-order valence-corrected chi connectivity index (χ0v) is 25.2. The Morgan fingerprint density at radius 3 is 1.74 bits per heavy atom. The van der Waals surface area contributed by atoms with Crippen molar-refractivity contribution in [3.8, 4) is 0 Å². The Kier molecular flexibility index (Phi) is 7.64. The molecule has 0 radical (unpaired) electrons. The maximum Gasteiger partial charge on any atom is 0.329 e.